The molecule has 0 aliphatic carbocycles. The van der Waals surface area contributed by atoms with Gasteiger partial charge in [0, 0.05) is 30.4 Å². The Morgan fingerprint density at radius 3 is 2.79 bits per heavy atom. The third kappa shape index (κ3) is 3.37. The van der Waals surface area contributed by atoms with Crippen LogP contribution in [0, 0.1) is 11.3 Å². The number of hydrogen-bond acceptors (Lipinski definition) is 3. The van der Waals surface area contributed by atoms with E-state index in [0.29, 0.717) is 17.0 Å². The minimum Gasteiger partial charge on any atom is -0.378 e. The Hall–Kier alpha value is -2.51. The number of amides is 1. The van der Waals surface area contributed by atoms with Crippen LogP contribution < -0.4 is 10.2 Å². The lowest BCUT2D eigenvalue weighted by Crippen LogP contribution is -2.23. The second-order valence-corrected chi connectivity index (χ2v) is 6.32. The lowest BCUT2D eigenvalue weighted by Gasteiger charge is -2.20. The number of anilines is 2. The minimum absolute atomic E-state index is 0.0478. The van der Waals surface area contributed by atoms with Gasteiger partial charge in [-0.25, -0.2) is 0 Å². The molecule has 4 nitrogen and oxygen atoms in total. The number of carbonyl (C=O) groups is 1. The first-order valence-electron chi connectivity index (χ1n) is 7.95. The molecule has 2 aromatic rings. The fourth-order valence-corrected chi connectivity index (χ4v) is 3.13. The molecule has 3 rings (SSSR count). The van der Waals surface area contributed by atoms with E-state index in [1.807, 2.05) is 35.2 Å². The maximum absolute atomic E-state index is 11.9. The van der Waals surface area contributed by atoms with Crippen LogP contribution >= 0.6 is 11.6 Å². The molecule has 1 aliphatic rings. The molecule has 1 fully saturated rings. The molecule has 1 heterocycles. The van der Waals surface area contributed by atoms with E-state index in [4.69, 9.17) is 16.9 Å². The second kappa shape index (κ2) is 6.94. The molecule has 5 heteroatoms. The Morgan fingerprint density at radius 2 is 2.12 bits per heavy atom. The van der Waals surface area contributed by atoms with Gasteiger partial charge in [-0.2, -0.15) is 5.26 Å². The second-order valence-electron chi connectivity index (χ2n) is 5.92. The first-order chi connectivity index (χ1) is 11.6. The number of nitrogens with zero attached hydrogens (tertiary/aromatic N) is 2. The van der Waals surface area contributed by atoms with Crippen LogP contribution in [0.1, 0.15) is 36.9 Å². The van der Waals surface area contributed by atoms with Crippen LogP contribution in [0.25, 0.3) is 0 Å². The molecule has 0 saturated carbocycles. The van der Waals surface area contributed by atoms with Gasteiger partial charge >= 0.3 is 0 Å². The number of benzene rings is 2. The topological polar surface area (TPSA) is 56.1 Å². The number of nitriles is 1. The highest BCUT2D eigenvalue weighted by Crippen LogP contribution is 2.28. The van der Waals surface area contributed by atoms with Gasteiger partial charge in [-0.1, -0.05) is 23.7 Å². The normalized spacial score (nSPS) is 15.2. The predicted molar refractivity (Wildman–Crippen MR) is 96.2 cm³/mol. The van der Waals surface area contributed by atoms with E-state index in [1.165, 1.54) is 0 Å². The number of hydrogen-bond donors (Lipinski definition) is 1. The fourth-order valence-electron chi connectivity index (χ4n) is 2.91. The highest BCUT2D eigenvalue weighted by Gasteiger charge is 2.22. The summed E-state index contributed by atoms with van der Waals surface area (Å²) in [4.78, 5) is 13.8. The average Bonchev–Trinajstić information content (AvgIpc) is 3.01. The molecular weight excluding hydrogens is 322 g/mol. The molecule has 0 spiro atoms. The molecule has 122 valence electrons. The average molecular weight is 340 g/mol. The quantitative estimate of drug-likeness (QED) is 0.891. The Balaban J connectivity index is 1.78. The van der Waals surface area contributed by atoms with Crippen LogP contribution in [0.2, 0.25) is 5.02 Å². The van der Waals surface area contributed by atoms with Crippen LogP contribution in [0.3, 0.4) is 0 Å². The standard InChI is InChI=1S/C19H18ClN3O/c1-13(22-16-8-7-15(12-21)18(20)11-16)14-4-2-5-17(10-14)23-9-3-6-19(23)24/h2,4-5,7-8,10-11,13,22H,3,6,9H2,1H3. The van der Waals surface area contributed by atoms with Crippen molar-refractivity contribution in [2.45, 2.75) is 25.8 Å². The summed E-state index contributed by atoms with van der Waals surface area (Å²) in [5, 5.41) is 12.8. The van der Waals surface area contributed by atoms with Crippen molar-refractivity contribution in [3.05, 3.63) is 58.6 Å². The first kappa shape index (κ1) is 16.4. The van der Waals surface area contributed by atoms with Gasteiger partial charge in [-0.15, -0.1) is 0 Å². The summed E-state index contributed by atoms with van der Waals surface area (Å²) in [7, 11) is 0. The van der Waals surface area contributed by atoms with Gasteiger partial charge in [0.1, 0.15) is 6.07 Å². The highest BCUT2D eigenvalue weighted by molar-refractivity contribution is 6.32. The van der Waals surface area contributed by atoms with Crippen molar-refractivity contribution >= 4 is 28.9 Å². The van der Waals surface area contributed by atoms with Crippen molar-refractivity contribution in [2.75, 3.05) is 16.8 Å². The Labute approximate surface area is 146 Å². The van der Waals surface area contributed by atoms with Gasteiger partial charge in [0.05, 0.1) is 10.6 Å². The largest absolute Gasteiger partial charge is 0.378 e. The lowest BCUT2D eigenvalue weighted by atomic mass is 10.1. The van der Waals surface area contributed by atoms with Crippen molar-refractivity contribution in [1.29, 1.82) is 5.26 Å². The predicted octanol–water partition coefficient (Wildman–Crippen LogP) is 4.51. The monoisotopic (exact) mass is 339 g/mol. The molecule has 1 saturated heterocycles. The van der Waals surface area contributed by atoms with Crippen LogP contribution in [-0.2, 0) is 4.79 Å². The summed E-state index contributed by atoms with van der Waals surface area (Å²) in [5.74, 6) is 0.187. The van der Waals surface area contributed by atoms with E-state index in [2.05, 4.69) is 18.3 Å². The highest BCUT2D eigenvalue weighted by atomic mass is 35.5. The van der Waals surface area contributed by atoms with E-state index in [9.17, 15) is 4.79 Å². The molecular formula is C19H18ClN3O. The molecule has 0 bridgehead atoms. The molecule has 24 heavy (non-hydrogen) atoms. The summed E-state index contributed by atoms with van der Waals surface area (Å²) >= 11 is 6.08. The van der Waals surface area contributed by atoms with Gasteiger partial charge in [-0.3, -0.25) is 4.79 Å². The Morgan fingerprint density at radius 1 is 1.29 bits per heavy atom. The molecule has 1 amide bonds. The van der Waals surface area contributed by atoms with Crippen molar-refractivity contribution in [3.63, 3.8) is 0 Å². The van der Waals surface area contributed by atoms with Crippen molar-refractivity contribution < 1.29 is 4.79 Å². The van der Waals surface area contributed by atoms with Gasteiger partial charge in [0.2, 0.25) is 5.91 Å². The van der Waals surface area contributed by atoms with Crippen molar-refractivity contribution in [1.82, 2.24) is 0 Å². The Kier molecular flexibility index (Phi) is 4.73. The van der Waals surface area contributed by atoms with Crippen molar-refractivity contribution in [3.8, 4) is 6.07 Å². The van der Waals surface area contributed by atoms with E-state index in [0.717, 1.165) is 29.9 Å². The third-order valence-electron chi connectivity index (χ3n) is 4.23. The molecule has 1 aliphatic heterocycles. The third-order valence-corrected chi connectivity index (χ3v) is 4.54. The van der Waals surface area contributed by atoms with Crippen molar-refractivity contribution in [2.24, 2.45) is 0 Å². The SMILES string of the molecule is CC(Nc1ccc(C#N)c(Cl)c1)c1cccc(N2CCCC2=O)c1. The number of carbonyl (C=O) groups excluding carboxylic acids is 1. The van der Waals surface area contributed by atoms with Gasteiger partial charge in [0.15, 0.2) is 0 Å². The summed E-state index contributed by atoms with van der Waals surface area (Å²) in [6.45, 7) is 2.84. The zero-order valence-corrected chi connectivity index (χ0v) is 14.2. The summed E-state index contributed by atoms with van der Waals surface area (Å²) in [6.07, 6.45) is 1.54. The Bertz CT molecular complexity index is 812. The van der Waals surface area contributed by atoms with Crippen LogP contribution in [0.5, 0.6) is 0 Å². The summed E-state index contributed by atoms with van der Waals surface area (Å²) in [6, 6.07) is 15.4. The van der Waals surface area contributed by atoms with Crippen LogP contribution in [0.4, 0.5) is 11.4 Å². The summed E-state index contributed by atoms with van der Waals surface area (Å²) < 4.78 is 0. The van der Waals surface area contributed by atoms with E-state index >= 15 is 0 Å². The number of nitrogens with one attached hydrogen (secondary N) is 1. The maximum atomic E-state index is 11.9. The number of halogens is 1. The van der Waals surface area contributed by atoms with Crippen LogP contribution in [0.15, 0.2) is 42.5 Å². The van der Waals surface area contributed by atoms with Gasteiger partial charge in [0.25, 0.3) is 0 Å². The molecule has 1 unspecified atom stereocenters. The molecule has 0 radical (unpaired) electrons. The molecule has 2 aromatic carbocycles. The zero-order chi connectivity index (χ0) is 17.1. The molecule has 1 N–H and O–H groups in total. The smallest absolute Gasteiger partial charge is 0.227 e. The molecule has 1 atom stereocenters. The van der Waals surface area contributed by atoms with E-state index in [1.54, 1.807) is 12.1 Å². The van der Waals surface area contributed by atoms with Gasteiger partial charge in [-0.05, 0) is 49.2 Å². The van der Waals surface area contributed by atoms with E-state index in [-0.39, 0.29) is 11.9 Å². The van der Waals surface area contributed by atoms with Crippen LogP contribution in [-0.4, -0.2) is 12.5 Å². The fraction of sp³-hybridized carbons (Fsp3) is 0.263. The van der Waals surface area contributed by atoms with Gasteiger partial charge < -0.3 is 10.2 Å². The summed E-state index contributed by atoms with van der Waals surface area (Å²) in [5.41, 5.74) is 3.35. The maximum Gasteiger partial charge on any atom is 0.227 e. The first-order valence-corrected chi connectivity index (χ1v) is 8.33. The zero-order valence-electron chi connectivity index (χ0n) is 13.4. The van der Waals surface area contributed by atoms with E-state index < -0.39 is 0 Å². The minimum atomic E-state index is 0.0478. The lowest BCUT2D eigenvalue weighted by molar-refractivity contribution is -0.117. The molecule has 0 aromatic heterocycles. The number of rotatable bonds is 4.